The minimum atomic E-state index is -0.864. The number of hydrogen-bond donors (Lipinski definition) is 1. The number of hydrogen-bond acceptors (Lipinski definition) is 5. The molecule has 0 aromatic rings. The van der Waals surface area contributed by atoms with Gasteiger partial charge in [0.1, 0.15) is 0 Å². The predicted molar refractivity (Wildman–Crippen MR) is 73.9 cm³/mol. The van der Waals surface area contributed by atoms with Crippen molar-refractivity contribution >= 4 is 11.9 Å². The summed E-state index contributed by atoms with van der Waals surface area (Å²) in [7, 11) is 0. The molecular formula is C15H26O5. The Balaban J connectivity index is 2.78. The average molecular weight is 286 g/mol. The number of aliphatic hydroxyl groups excluding tert-OH is 1. The van der Waals surface area contributed by atoms with Gasteiger partial charge in [0.15, 0.2) is 5.92 Å². The van der Waals surface area contributed by atoms with Crippen LogP contribution in [0.1, 0.15) is 47.0 Å². The summed E-state index contributed by atoms with van der Waals surface area (Å²) in [6.45, 7) is 7.13. The lowest BCUT2D eigenvalue weighted by atomic mass is 9.90. The largest absolute Gasteiger partial charge is 0.462 e. The molecule has 116 valence electrons. The van der Waals surface area contributed by atoms with Gasteiger partial charge in [-0.2, -0.15) is 0 Å². The van der Waals surface area contributed by atoms with Crippen LogP contribution in [-0.4, -0.2) is 35.9 Å². The maximum absolute atomic E-state index is 12.2. The van der Waals surface area contributed by atoms with Gasteiger partial charge in [-0.15, -0.1) is 0 Å². The fraction of sp³-hybridized carbons (Fsp3) is 0.867. The van der Waals surface area contributed by atoms with Crippen LogP contribution in [0.5, 0.6) is 0 Å². The summed E-state index contributed by atoms with van der Waals surface area (Å²) in [6.07, 6.45) is 1.73. The monoisotopic (exact) mass is 286 g/mol. The van der Waals surface area contributed by atoms with E-state index in [1.165, 1.54) is 0 Å². The third-order valence-corrected chi connectivity index (χ3v) is 3.52. The summed E-state index contributed by atoms with van der Waals surface area (Å²) in [4.78, 5) is 24.3. The second kappa shape index (κ2) is 7.62. The Morgan fingerprint density at radius 2 is 1.55 bits per heavy atom. The third-order valence-electron chi connectivity index (χ3n) is 3.52. The molecule has 1 aliphatic carbocycles. The van der Waals surface area contributed by atoms with E-state index in [1.807, 2.05) is 0 Å². The summed E-state index contributed by atoms with van der Waals surface area (Å²) in [5.41, 5.74) is 0. The molecule has 0 bridgehead atoms. The first-order chi connectivity index (χ1) is 9.35. The quantitative estimate of drug-likeness (QED) is 0.596. The molecule has 1 fully saturated rings. The zero-order valence-corrected chi connectivity index (χ0v) is 12.8. The minimum absolute atomic E-state index is 0.0929. The molecule has 5 nitrogen and oxygen atoms in total. The first-order valence-corrected chi connectivity index (χ1v) is 7.37. The zero-order valence-electron chi connectivity index (χ0n) is 12.8. The Labute approximate surface area is 120 Å². The van der Waals surface area contributed by atoms with E-state index in [2.05, 4.69) is 0 Å². The molecule has 2 atom stereocenters. The van der Waals surface area contributed by atoms with E-state index in [1.54, 1.807) is 27.7 Å². The molecule has 0 saturated heterocycles. The van der Waals surface area contributed by atoms with Crippen LogP contribution >= 0.6 is 0 Å². The van der Waals surface area contributed by atoms with Crippen LogP contribution in [0.25, 0.3) is 0 Å². The maximum atomic E-state index is 12.2. The van der Waals surface area contributed by atoms with Gasteiger partial charge < -0.3 is 14.6 Å². The highest BCUT2D eigenvalue weighted by molar-refractivity contribution is 5.95. The molecule has 0 aliphatic heterocycles. The van der Waals surface area contributed by atoms with Gasteiger partial charge in [0.05, 0.1) is 12.2 Å². The van der Waals surface area contributed by atoms with E-state index in [9.17, 15) is 14.7 Å². The highest BCUT2D eigenvalue weighted by Crippen LogP contribution is 2.37. The molecule has 1 N–H and O–H groups in total. The van der Waals surface area contributed by atoms with Gasteiger partial charge in [0.2, 0.25) is 0 Å². The van der Waals surface area contributed by atoms with Crippen molar-refractivity contribution in [3.63, 3.8) is 0 Å². The molecule has 0 aromatic carbocycles. The summed E-state index contributed by atoms with van der Waals surface area (Å²) in [5, 5.41) is 9.20. The molecule has 0 unspecified atom stereocenters. The first-order valence-electron chi connectivity index (χ1n) is 7.37. The number of aliphatic hydroxyl groups is 1. The van der Waals surface area contributed by atoms with Crippen molar-refractivity contribution in [1.82, 2.24) is 0 Å². The van der Waals surface area contributed by atoms with Crippen molar-refractivity contribution in [2.75, 3.05) is 6.61 Å². The van der Waals surface area contributed by atoms with E-state index in [0.717, 1.165) is 12.8 Å². The Morgan fingerprint density at radius 3 is 1.90 bits per heavy atom. The fourth-order valence-corrected chi connectivity index (χ4v) is 2.67. The van der Waals surface area contributed by atoms with Crippen molar-refractivity contribution in [3.8, 4) is 0 Å². The molecule has 0 radical (unpaired) electrons. The van der Waals surface area contributed by atoms with Crippen LogP contribution < -0.4 is 0 Å². The summed E-state index contributed by atoms with van der Waals surface area (Å²) >= 11 is 0. The maximum Gasteiger partial charge on any atom is 0.320 e. The van der Waals surface area contributed by atoms with Crippen LogP contribution in [0.4, 0.5) is 0 Å². The van der Waals surface area contributed by atoms with Gasteiger partial charge in [0.25, 0.3) is 0 Å². The standard InChI is InChI=1S/C15H26O5/c1-9(2)19-14(17)13(15(18)20-10(3)4)12-6-5-11(7-12)8-16/h9-13,16H,5-8H2,1-4H3/t11-,12+/m0/s1. The van der Waals surface area contributed by atoms with E-state index in [0.29, 0.717) is 6.42 Å². The Hall–Kier alpha value is -1.10. The first kappa shape index (κ1) is 17.0. The summed E-state index contributed by atoms with van der Waals surface area (Å²) in [6, 6.07) is 0. The van der Waals surface area contributed by atoms with Crippen LogP contribution in [0.15, 0.2) is 0 Å². The molecule has 1 aliphatic rings. The normalized spacial score (nSPS) is 22.6. The second-order valence-corrected chi connectivity index (χ2v) is 6.07. The molecule has 5 heteroatoms. The Kier molecular flexibility index (Phi) is 6.46. The van der Waals surface area contributed by atoms with Gasteiger partial charge in [-0.05, 0) is 58.8 Å². The molecule has 0 aromatic heterocycles. The SMILES string of the molecule is CC(C)OC(=O)C(C(=O)OC(C)C)[C@@H]1CC[C@H](CO)C1. The van der Waals surface area contributed by atoms with Gasteiger partial charge in [-0.25, -0.2) is 0 Å². The summed E-state index contributed by atoms with van der Waals surface area (Å²) in [5.74, 6) is -1.80. The van der Waals surface area contributed by atoms with Crippen molar-refractivity contribution in [2.45, 2.75) is 59.2 Å². The fourth-order valence-electron chi connectivity index (χ4n) is 2.67. The molecule has 20 heavy (non-hydrogen) atoms. The van der Waals surface area contributed by atoms with E-state index < -0.39 is 17.9 Å². The molecule has 0 amide bonds. The highest BCUT2D eigenvalue weighted by Gasteiger charge is 2.41. The van der Waals surface area contributed by atoms with Gasteiger partial charge in [-0.3, -0.25) is 9.59 Å². The molecule has 1 saturated carbocycles. The smallest absolute Gasteiger partial charge is 0.320 e. The zero-order chi connectivity index (χ0) is 15.3. The number of carbonyl (C=O) groups is 2. The van der Waals surface area contributed by atoms with E-state index >= 15 is 0 Å². The van der Waals surface area contributed by atoms with Crippen LogP contribution in [0, 0.1) is 17.8 Å². The lowest BCUT2D eigenvalue weighted by Gasteiger charge is -2.23. The Bertz CT molecular complexity index is 315. The number of carbonyl (C=O) groups excluding carboxylic acids is 2. The molecule has 0 heterocycles. The summed E-state index contributed by atoms with van der Waals surface area (Å²) < 4.78 is 10.4. The number of rotatable bonds is 6. The van der Waals surface area contributed by atoms with Crippen molar-refractivity contribution in [1.29, 1.82) is 0 Å². The number of esters is 2. The van der Waals surface area contributed by atoms with Gasteiger partial charge in [-0.1, -0.05) is 0 Å². The van der Waals surface area contributed by atoms with E-state index in [-0.39, 0.29) is 30.7 Å². The lowest BCUT2D eigenvalue weighted by molar-refractivity contribution is -0.169. The predicted octanol–water partition coefficient (Wildman–Crippen LogP) is 1.91. The molecular weight excluding hydrogens is 260 g/mol. The minimum Gasteiger partial charge on any atom is -0.462 e. The van der Waals surface area contributed by atoms with Gasteiger partial charge in [0, 0.05) is 6.61 Å². The Morgan fingerprint density at radius 1 is 1.05 bits per heavy atom. The topological polar surface area (TPSA) is 72.8 Å². The van der Waals surface area contributed by atoms with E-state index in [4.69, 9.17) is 9.47 Å². The van der Waals surface area contributed by atoms with Crippen LogP contribution in [0.2, 0.25) is 0 Å². The number of ether oxygens (including phenoxy) is 2. The van der Waals surface area contributed by atoms with Crippen LogP contribution in [-0.2, 0) is 19.1 Å². The highest BCUT2D eigenvalue weighted by atomic mass is 16.6. The molecule has 1 rings (SSSR count). The van der Waals surface area contributed by atoms with Crippen molar-refractivity contribution < 1.29 is 24.2 Å². The van der Waals surface area contributed by atoms with Crippen molar-refractivity contribution in [2.24, 2.45) is 17.8 Å². The lowest BCUT2D eigenvalue weighted by Crippen LogP contribution is -2.36. The third kappa shape index (κ3) is 4.78. The molecule has 0 spiro atoms. The average Bonchev–Trinajstić information content (AvgIpc) is 2.75. The van der Waals surface area contributed by atoms with Crippen molar-refractivity contribution in [3.05, 3.63) is 0 Å². The second-order valence-electron chi connectivity index (χ2n) is 6.07. The van der Waals surface area contributed by atoms with Gasteiger partial charge >= 0.3 is 11.9 Å². The van der Waals surface area contributed by atoms with Crippen LogP contribution in [0.3, 0.4) is 0 Å².